The van der Waals surface area contributed by atoms with Crippen LogP contribution >= 0.6 is 0 Å². The molecule has 1 aliphatic carbocycles. The average Bonchev–Trinajstić information content (AvgIpc) is 2.78. The highest BCUT2D eigenvalue weighted by atomic mass is 16.8. The van der Waals surface area contributed by atoms with Crippen molar-refractivity contribution in [3.05, 3.63) is 35.9 Å². The molecule has 1 saturated heterocycles. The lowest BCUT2D eigenvalue weighted by Gasteiger charge is -2.25. The fourth-order valence-electron chi connectivity index (χ4n) is 3.86. The van der Waals surface area contributed by atoms with Crippen LogP contribution in [0.2, 0.25) is 0 Å². The van der Waals surface area contributed by atoms with Crippen molar-refractivity contribution >= 4 is 5.84 Å². The highest BCUT2D eigenvalue weighted by Crippen LogP contribution is 2.82. The van der Waals surface area contributed by atoms with Gasteiger partial charge in [-0.25, -0.2) is 4.99 Å². The summed E-state index contributed by atoms with van der Waals surface area (Å²) < 4.78 is 11.3. The maximum atomic E-state index is 9.85. The Labute approximate surface area is 121 Å². The maximum Gasteiger partial charge on any atom is 0.293 e. The summed E-state index contributed by atoms with van der Waals surface area (Å²) in [5.74, 6) is -1.71. The Balaban J connectivity index is 1.95. The van der Waals surface area contributed by atoms with Crippen LogP contribution in [0.1, 0.15) is 11.5 Å². The fourth-order valence-corrected chi connectivity index (χ4v) is 3.86. The standard InChI is InChI=1S/C15H12N4O2/c16-8-13-11(10-4-2-1-3-5-10)14(13,9-17)15(19-12(13)18)20-6-7-21-15/h1-5,11H,6-7H2,(H2,18,19)/t11-,13-,14+/m0/s1. The Morgan fingerprint density at radius 3 is 2.38 bits per heavy atom. The highest BCUT2D eigenvalue weighted by Gasteiger charge is 2.94. The lowest BCUT2D eigenvalue weighted by atomic mass is 9.94. The average molecular weight is 280 g/mol. The van der Waals surface area contributed by atoms with Crippen LogP contribution < -0.4 is 5.73 Å². The van der Waals surface area contributed by atoms with E-state index < -0.39 is 22.7 Å². The molecular weight excluding hydrogens is 268 g/mol. The van der Waals surface area contributed by atoms with Crippen LogP contribution in [0.3, 0.4) is 0 Å². The van der Waals surface area contributed by atoms with Crippen molar-refractivity contribution in [2.75, 3.05) is 13.2 Å². The van der Waals surface area contributed by atoms with Crippen LogP contribution in [0, 0.1) is 33.5 Å². The molecule has 0 unspecified atom stereocenters. The molecule has 1 spiro atoms. The minimum absolute atomic E-state index is 0.127. The lowest BCUT2D eigenvalue weighted by molar-refractivity contribution is -0.184. The van der Waals surface area contributed by atoms with E-state index in [1.807, 2.05) is 30.3 Å². The molecule has 6 heteroatoms. The minimum atomic E-state index is -1.44. The number of aliphatic imine (C=N–C) groups is 1. The van der Waals surface area contributed by atoms with Crippen LogP contribution in [0.15, 0.2) is 35.3 Å². The van der Waals surface area contributed by atoms with Gasteiger partial charge in [-0.2, -0.15) is 10.5 Å². The topological polar surface area (TPSA) is 104 Å². The number of nitriles is 2. The SMILES string of the molecule is N#C[C@@]12[C@@H](c3ccccc3)[C@@]1(C#N)C(N)=NC21OCCO1. The van der Waals surface area contributed by atoms with E-state index in [4.69, 9.17) is 15.2 Å². The van der Waals surface area contributed by atoms with Crippen molar-refractivity contribution in [1.82, 2.24) is 0 Å². The van der Waals surface area contributed by atoms with Crippen LogP contribution in [-0.2, 0) is 9.47 Å². The monoisotopic (exact) mass is 280 g/mol. The number of rotatable bonds is 1. The summed E-state index contributed by atoms with van der Waals surface area (Å²) >= 11 is 0. The first-order valence-corrected chi connectivity index (χ1v) is 6.70. The van der Waals surface area contributed by atoms with Gasteiger partial charge in [0.05, 0.1) is 25.4 Å². The normalized spacial score (nSPS) is 38.4. The first-order chi connectivity index (χ1) is 10.2. The van der Waals surface area contributed by atoms with E-state index in [2.05, 4.69) is 17.1 Å². The lowest BCUT2D eigenvalue weighted by Crippen LogP contribution is -2.38. The van der Waals surface area contributed by atoms with Gasteiger partial charge in [-0.05, 0) is 5.56 Å². The van der Waals surface area contributed by atoms with Crippen LogP contribution in [0.4, 0.5) is 0 Å². The van der Waals surface area contributed by atoms with E-state index in [-0.39, 0.29) is 5.84 Å². The molecule has 6 nitrogen and oxygen atoms in total. The van der Waals surface area contributed by atoms with Crippen LogP contribution in [0.25, 0.3) is 0 Å². The Bertz CT molecular complexity index is 726. The summed E-state index contributed by atoms with van der Waals surface area (Å²) in [5, 5.41) is 19.6. The molecule has 1 aromatic rings. The fraction of sp³-hybridized carbons (Fsp3) is 0.400. The minimum Gasteiger partial charge on any atom is -0.386 e. The number of hydrogen-bond acceptors (Lipinski definition) is 6. The van der Waals surface area contributed by atoms with Crippen molar-refractivity contribution < 1.29 is 9.47 Å². The smallest absolute Gasteiger partial charge is 0.293 e. The number of nitrogens with two attached hydrogens (primary N) is 1. The van der Waals surface area contributed by atoms with Gasteiger partial charge in [-0.3, -0.25) is 0 Å². The van der Waals surface area contributed by atoms with E-state index >= 15 is 0 Å². The molecule has 104 valence electrons. The van der Waals surface area contributed by atoms with Crippen molar-refractivity contribution in [1.29, 1.82) is 10.5 Å². The second-order valence-corrected chi connectivity index (χ2v) is 5.46. The Morgan fingerprint density at radius 1 is 1.14 bits per heavy atom. The molecule has 2 N–H and O–H groups in total. The molecule has 4 rings (SSSR count). The first kappa shape index (κ1) is 12.3. The second kappa shape index (κ2) is 3.62. The van der Waals surface area contributed by atoms with Gasteiger partial charge >= 0.3 is 0 Å². The van der Waals surface area contributed by atoms with Crippen molar-refractivity contribution in [3.63, 3.8) is 0 Å². The summed E-state index contributed by atoms with van der Waals surface area (Å²) in [6, 6.07) is 13.9. The van der Waals surface area contributed by atoms with E-state index in [1.54, 1.807) is 0 Å². The van der Waals surface area contributed by atoms with Crippen molar-refractivity contribution in [3.8, 4) is 12.1 Å². The predicted octanol–water partition coefficient (Wildman–Crippen LogP) is 0.875. The molecule has 21 heavy (non-hydrogen) atoms. The van der Waals surface area contributed by atoms with E-state index in [0.29, 0.717) is 13.2 Å². The number of nitrogens with zero attached hydrogens (tertiary/aromatic N) is 3. The zero-order valence-electron chi connectivity index (χ0n) is 11.1. The van der Waals surface area contributed by atoms with Gasteiger partial charge in [-0.1, -0.05) is 30.3 Å². The second-order valence-electron chi connectivity index (χ2n) is 5.46. The zero-order chi connectivity index (χ0) is 14.7. The highest BCUT2D eigenvalue weighted by molar-refractivity contribution is 6.00. The summed E-state index contributed by atoms with van der Waals surface area (Å²) in [6.07, 6.45) is 0. The molecule has 2 aliphatic heterocycles. The van der Waals surface area contributed by atoms with Crippen LogP contribution in [-0.4, -0.2) is 25.0 Å². The molecule has 3 atom stereocenters. The summed E-state index contributed by atoms with van der Waals surface area (Å²) in [4.78, 5) is 4.22. The third kappa shape index (κ3) is 1.06. The molecule has 1 aromatic carbocycles. The van der Waals surface area contributed by atoms with Gasteiger partial charge in [0.1, 0.15) is 11.3 Å². The molecule has 3 aliphatic rings. The number of amidine groups is 1. The molecule has 0 radical (unpaired) electrons. The van der Waals surface area contributed by atoms with Gasteiger partial charge < -0.3 is 15.2 Å². The van der Waals surface area contributed by atoms with Crippen LogP contribution in [0.5, 0.6) is 0 Å². The van der Waals surface area contributed by atoms with Gasteiger partial charge in [0.25, 0.3) is 5.91 Å². The van der Waals surface area contributed by atoms with Gasteiger partial charge in [0, 0.05) is 5.92 Å². The largest absolute Gasteiger partial charge is 0.386 e. The molecule has 0 amide bonds. The molecular formula is C15H12N4O2. The molecule has 0 bridgehead atoms. The summed E-state index contributed by atoms with van der Waals surface area (Å²) in [6.45, 7) is 0.673. The predicted molar refractivity (Wildman–Crippen MR) is 71.5 cm³/mol. The number of benzene rings is 1. The molecule has 2 fully saturated rings. The molecule has 0 aromatic heterocycles. The summed E-state index contributed by atoms with van der Waals surface area (Å²) in [5.41, 5.74) is 4.51. The Hall–Kier alpha value is -2.41. The van der Waals surface area contributed by atoms with Gasteiger partial charge in [0.15, 0.2) is 5.41 Å². The third-order valence-corrected chi connectivity index (χ3v) is 4.74. The third-order valence-electron chi connectivity index (χ3n) is 4.74. The molecule has 1 saturated carbocycles. The van der Waals surface area contributed by atoms with E-state index in [0.717, 1.165) is 5.56 Å². The summed E-state index contributed by atoms with van der Waals surface area (Å²) in [7, 11) is 0. The van der Waals surface area contributed by atoms with E-state index in [9.17, 15) is 10.5 Å². The quantitative estimate of drug-likeness (QED) is 0.822. The molecule has 2 heterocycles. The first-order valence-electron chi connectivity index (χ1n) is 6.70. The van der Waals surface area contributed by atoms with Gasteiger partial charge in [0.2, 0.25) is 0 Å². The number of ether oxygens (including phenoxy) is 2. The Morgan fingerprint density at radius 2 is 1.81 bits per heavy atom. The van der Waals surface area contributed by atoms with Crippen molar-refractivity contribution in [2.45, 2.75) is 11.8 Å². The number of hydrogen-bond donors (Lipinski definition) is 1. The van der Waals surface area contributed by atoms with Gasteiger partial charge in [-0.15, -0.1) is 0 Å². The van der Waals surface area contributed by atoms with E-state index in [1.165, 1.54) is 0 Å². The number of fused-ring (bicyclic) bond motifs is 2. The zero-order valence-corrected chi connectivity index (χ0v) is 11.1. The van der Waals surface area contributed by atoms with Crippen molar-refractivity contribution in [2.24, 2.45) is 21.6 Å². The Kier molecular flexibility index (Phi) is 2.12. The maximum absolute atomic E-state index is 9.85.